The molecule has 6 heteroatoms. The minimum absolute atomic E-state index is 0.139. The Bertz CT molecular complexity index is 643. The Morgan fingerprint density at radius 2 is 2.05 bits per heavy atom. The maximum absolute atomic E-state index is 11.8. The van der Waals surface area contributed by atoms with Gasteiger partial charge in [0.15, 0.2) is 0 Å². The van der Waals surface area contributed by atoms with Crippen LogP contribution >= 0.6 is 15.9 Å². The van der Waals surface area contributed by atoms with Crippen molar-refractivity contribution in [3.05, 3.63) is 51.4 Å². The van der Waals surface area contributed by atoms with Gasteiger partial charge in [-0.15, -0.1) is 0 Å². The van der Waals surface area contributed by atoms with Crippen LogP contribution in [0.4, 0.5) is 5.69 Å². The number of aryl methyl sites for hydroxylation is 1. The van der Waals surface area contributed by atoms with Crippen LogP contribution in [0.3, 0.4) is 0 Å². The molecule has 0 aliphatic rings. The molecule has 0 saturated heterocycles. The van der Waals surface area contributed by atoms with Gasteiger partial charge in [-0.1, -0.05) is 18.2 Å². The van der Waals surface area contributed by atoms with E-state index in [1.807, 2.05) is 42.3 Å². The van der Waals surface area contributed by atoms with Crippen LogP contribution in [0.25, 0.3) is 0 Å². The molecule has 1 aromatic heterocycles. The van der Waals surface area contributed by atoms with Crippen molar-refractivity contribution in [2.75, 3.05) is 25.1 Å². The maximum atomic E-state index is 11.8. The van der Waals surface area contributed by atoms with Crippen molar-refractivity contribution in [1.82, 2.24) is 9.78 Å². The highest BCUT2D eigenvalue weighted by Crippen LogP contribution is 2.20. The Morgan fingerprint density at radius 3 is 2.76 bits per heavy atom. The topological polar surface area (TPSA) is 47.4 Å². The van der Waals surface area contributed by atoms with Gasteiger partial charge in [-0.05, 0) is 34.5 Å². The van der Waals surface area contributed by atoms with Crippen LogP contribution in [0.1, 0.15) is 6.42 Å². The van der Waals surface area contributed by atoms with Gasteiger partial charge < -0.3 is 9.64 Å². The fourth-order valence-corrected chi connectivity index (χ4v) is 2.56. The van der Waals surface area contributed by atoms with Gasteiger partial charge in [0.05, 0.1) is 18.5 Å². The highest BCUT2D eigenvalue weighted by atomic mass is 79.9. The third-order valence-electron chi connectivity index (χ3n) is 3.12. The van der Waals surface area contributed by atoms with E-state index in [2.05, 4.69) is 21.0 Å². The second-order valence-electron chi connectivity index (χ2n) is 4.71. The molecule has 0 atom stereocenters. The van der Waals surface area contributed by atoms with E-state index in [1.54, 1.807) is 13.2 Å². The summed E-state index contributed by atoms with van der Waals surface area (Å²) in [5, 5.41) is 4.04. The minimum Gasteiger partial charge on any atom is -0.494 e. The van der Waals surface area contributed by atoms with Crippen molar-refractivity contribution in [2.24, 2.45) is 7.05 Å². The van der Waals surface area contributed by atoms with Gasteiger partial charge >= 0.3 is 0 Å². The summed E-state index contributed by atoms with van der Waals surface area (Å²) >= 11 is 3.33. The van der Waals surface area contributed by atoms with Crippen molar-refractivity contribution in [2.45, 2.75) is 6.42 Å². The van der Waals surface area contributed by atoms with E-state index in [1.165, 1.54) is 4.68 Å². The molecule has 0 spiro atoms. The zero-order valence-electron chi connectivity index (χ0n) is 12.1. The lowest BCUT2D eigenvalue weighted by molar-refractivity contribution is 0.312. The fraction of sp³-hybridized carbons (Fsp3) is 0.333. The van der Waals surface area contributed by atoms with Gasteiger partial charge in [0.2, 0.25) is 0 Å². The molecule has 0 aliphatic carbocycles. The average molecular weight is 352 g/mol. The fourth-order valence-electron chi connectivity index (χ4n) is 1.90. The summed E-state index contributed by atoms with van der Waals surface area (Å²) in [7, 11) is 3.56. The predicted octanol–water partition coefficient (Wildman–Crippen LogP) is 2.45. The molecule has 0 unspecified atom stereocenters. The zero-order chi connectivity index (χ0) is 15.2. The van der Waals surface area contributed by atoms with Crippen molar-refractivity contribution in [1.29, 1.82) is 0 Å². The number of halogens is 1. The molecular formula is C15H18BrN3O2. The van der Waals surface area contributed by atoms with Gasteiger partial charge in [0, 0.05) is 20.6 Å². The quantitative estimate of drug-likeness (QED) is 0.750. The third kappa shape index (κ3) is 4.07. The Balaban J connectivity index is 1.86. The van der Waals surface area contributed by atoms with Crippen LogP contribution in [0, 0.1) is 0 Å². The standard InChI is InChI=1S/C15H18BrN3O2/c1-18(13-11-17-19(2)15(20)14(13)16)9-6-10-21-12-7-4-3-5-8-12/h3-5,7-8,11H,6,9-10H2,1-2H3. The highest BCUT2D eigenvalue weighted by molar-refractivity contribution is 9.10. The van der Waals surface area contributed by atoms with E-state index in [0.29, 0.717) is 11.1 Å². The number of para-hydroxylation sites is 1. The number of anilines is 1. The predicted molar refractivity (Wildman–Crippen MR) is 87.0 cm³/mol. The lowest BCUT2D eigenvalue weighted by Gasteiger charge is -2.20. The average Bonchev–Trinajstić information content (AvgIpc) is 2.50. The van der Waals surface area contributed by atoms with Crippen molar-refractivity contribution < 1.29 is 4.74 Å². The second-order valence-corrected chi connectivity index (χ2v) is 5.50. The molecule has 2 aromatic rings. The largest absolute Gasteiger partial charge is 0.494 e. The number of aromatic nitrogens is 2. The SMILES string of the molecule is CN(CCCOc1ccccc1)c1cnn(C)c(=O)c1Br. The first-order valence-electron chi connectivity index (χ1n) is 6.70. The second kappa shape index (κ2) is 7.26. The molecule has 0 fully saturated rings. The number of hydrogen-bond acceptors (Lipinski definition) is 4. The van der Waals surface area contributed by atoms with E-state index in [-0.39, 0.29) is 5.56 Å². The van der Waals surface area contributed by atoms with Crippen LogP contribution in [0.2, 0.25) is 0 Å². The summed E-state index contributed by atoms with van der Waals surface area (Å²) in [6.45, 7) is 1.41. The highest BCUT2D eigenvalue weighted by Gasteiger charge is 2.10. The van der Waals surface area contributed by atoms with Crippen LogP contribution in [-0.2, 0) is 7.05 Å². The smallest absolute Gasteiger partial charge is 0.282 e. The lowest BCUT2D eigenvalue weighted by Crippen LogP contribution is -2.27. The molecule has 0 aliphatic heterocycles. The van der Waals surface area contributed by atoms with Crippen LogP contribution in [0.5, 0.6) is 5.75 Å². The number of ether oxygens (including phenoxy) is 1. The number of nitrogens with zero attached hydrogens (tertiary/aromatic N) is 3. The molecule has 0 radical (unpaired) electrons. The molecule has 0 bridgehead atoms. The van der Waals surface area contributed by atoms with Crippen LogP contribution < -0.4 is 15.2 Å². The molecule has 5 nitrogen and oxygen atoms in total. The van der Waals surface area contributed by atoms with Gasteiger partial charge in [-0.3, -0.25) is 4.79 Å². The van der Waals surface area contributed by atoms with E-state index < -0.39 is 0 Å². The van der Waals surface area contributed by atoms with Crippen molar-refractivity contribution >= 4 is 21.6 Å². The van der Waals surface area contributed by atoms with Gasteiger partial charge in [-0.25, -0.2) is 4.68 Å². The van der Waals surface area contributed by atoms with E-state index >= 15 is 0 Å². The van der Waals surface area contributed by atoms with Gasteiger partial charge in [0.1, 0.15) is 10.2 Å². The maximum Gasteiger partial charge on any atom is 0.282 e. The van der Waals surface area contributed by atoms with Gasteiger partial charge in [-0.2, -0.15) is 5.10 Å². The summed E-state index contributed by atoms with van der Waals surface area (Å²) < 4.78 is 7.48. The first kappa shape index (κ1) is 15.6. The molecule has 2 rings (SSSR count). The molecule has 21 heavy (non-hydrogen) atoms. The Hall–Kier alpha value is -1.82. The first-order chi connectivity index (χ1) is 10.1. The molecule has 0 saturated carbocycles. The molecular weight excluding hydrogens is 334 g/mol. The Morgan fingerprint density at radius 1 is 1.33 bits per heavy atom. The van der Waals surface area contributed by atoms with Crippen molar-refractivity contribution in [3.8, 4) is 5.75 Å². The molecule has 1 heterocycles. The monoisotopic (exact) mass is 351 g/mol. The number of benzene rings is 1. The molecule has 0 amide bonds. The summed E-state index contributed by atoms with van der Waals surface area (Å²) in [4.78, 5) is 13.8. The molecule has 112 valence electrons. The van der Waals surface area contributed by atoms with E-state index in [0.717, 1.165) is 24.4 Å². The van der Waals surface area contributed by atoms with Crippen LogP contribution in [0.15, 0.2) is 45.8 Å². The van der Waals surface area contributed by atoms with E-state index in [9.17, 15) is 4.79 Å². The summed E-state index contributed by atoms with van der Waals surface area (Å²) in [6.07, 6.45) is 2.54. The Labute approximate surface area is 132 Å². The summed E-state index contributed by atoms with van der Waals surface area (Å²) in [5.74, 6) is 0.872. The number of rotatable bonds is 6. The van der Waals surface area contributed by atoms with Crippen LogP contribution in [-0.4, -0.2) is 30.0 Å². The van der Waals surface area contributed by atoms with E-state index in [4.69, 9.17) is 4.74 Å². The lowest BCUT2D eigenvalue weighted by atomic mass is 10.3. The van der Waals surface area contributed by atoms with Crippen molar-refractivity contribution in [3.63, 3.8) is 0 Å². The van der Waals surface area contributed by atoms with Gasteiger partial charge in [0.25, 0.3) is 5.56 Å². The minimum atomic E-state index is -0.139. The number of hydrogen-bond donors (Lipinski definition) is 0. The first-order valence-corrected chi connectivity index (χ1v) is 7.49. The molecule has 1 aromatic carbocycles. The third-order valence-corrected chi connectivity index (χ3v) is 3.87. The zero-order valence-corrected chi connectivity index (χ0v) is 13.7. The summed E-state index contributed by atoms with van der Waals surface area (Å²) in [5.41, 5.74) is 0.651. The normalized spacial score (nSPS) is 10.4. The Kier molecular flexibility index (Phi) is 5.38. The summed E-state index contributed by atoms with van der Waals surface area (Å²) in [6, 6.07) is 9.73. The molecule has 0 N–H and O–H groups in total.